The van der Waals surface area contributed by atoms with E-state index in [9.17, 15) is 18.0 Å². The second-order valence-corrected chi connectivity index (χ2v) is 4.22. The molecule has 1 rings (SSSR count). The zero-order valence-corrected chi connectivity index (χ0v) is 9.31. The van der Waals surface area contributed by atoms with Crippen molar-refractivity contribution in [3.05, 3.63) is 0 Å². The number of rotatable bonds is 2. The van der Waals surface area contributed by atoms with Crippen molar-refractivity contribution in [2.24, 2.45) is 11.1 Å². The largest absolute Gasteiger partial charge is 0.395 e. The molecule has 0 aromatic rings. The number of alkyl halides is 3. The molecule has 1 amide bonds. The van der Waals surface area contributed by atoms with E-state index in [4.69, 9.17) is 5.73 Å². The van der Waals surface area contributed by atoms with Gasteiger partial charge in [0.2, 0.25) is 5.91 Å². The molecule has 1 aliphatic rings. The highest BCUT2D eigenvalue weighted by Gasteiger charge is 2.54. The minimum Gasteiger partial charge on any atom is -0.343 e. The van der Waals surface area contributed by atoms with Gasteiger partial charge in [-0.3, -0.25) is 4.79 Å². The van der Waals surface area contributed by atoms with Gasteiger partial charge in [0.05, 0.1) is 5.41 Å². The Hall–Kier alpha value is -0.780. The van der Waals surface area contributed by atoms with Crippen LogP contribution >= 0.6 is 0 Å². The molecular weight excluding hydrogens is 221 g/mol. The molecule has 0 radical (unpaired) electrons. The van der Waals surface area contributed by atoms with Crippen LogP contribution < -0.4 is 5.73 Å². The molecule has 1 aliphatic heterocycles. The van der Waals surface area contributed by atoms with Crippen LogP contribution in [0.5, 0.6) is 0 Å². The number of carbonyl (C=O) groups excluding carboxylic acids is 1. The Morgan fingerprint density at radius 3 is 2.19 bits per heavy atom. The van der Waals surface area contributed by atoms with Crippen molar-refractivity contribution < 1.29 is 18.0 Å². The summed E-state index contributed by atoms with van der Waals surface area (Å²) in [5.74, 6) is -0.0900. The van der Waals surface area contributed by atoms with Gasteiger partial charge in [0, 0.05) is 26.1 Å². The minimum absolute atomic E-state index is 0.0846. The first-order valence-electron chi connectivity index (χ1n) is 5.41. The van der Waals surface area contributed by atoms with Gasteiger partial charge >= 0.3 is 6.18 Å². The van der Waals surface area contributed by atoms with E-state index in [2.05, 4.69) is 0 Å². The number of amides is 1. The summed E-state index contributed by atoms with van der Waals surface area (Å²) in [6.07, 6.45) is -4.11. The SMILES string of the molecule is CCC(=O)N1CCC(CN)(C(F)(F)F)CC1. The van der Waals surface area contributed by atoms with Crippen molar-refractivity contribution in [2.75, 3.05) is 19.6 Å². The number of carbonyl (C=O) groups is 1. The molecule has 0 aromatic carbocycles. The molecule has 1 fully saturated rings. The summed E-state index contributed by atoms with van der Waals surface area (Å²) in [7, 11) is 0. The lowest BCUT2D eigenvalue weighted by Crippen LogP contribution is -2.53. The van der Waals surface area contributed by atoms with Gasteiger partial charge in [0.25, 0.3) is 0 Å². The van der Waals surface area contributed by atoms with Crippen LogP contribution in [0.1, 0.15) is 26.2 Å². The van der Waals surface area contributed by atoms with Gasteiger partial charge in [-0.25, -0.2) is 0 Å². The molecule has 0 aromatic heterocycles. The Morgan fingerprint density at radius 1 is 1.38 bits per heavy atom. The van der Waals surface area contributed by atoms with Gasteiger partial charge in [-0.2, -0.15) is 13.2 Å². The summed E-state index contributed by atoms with van der Waals surface area (Å²) in [4.78, 5) is 12.8. The number of likely N-dealkylation sites (tertiary alicyclic amines) is 1. The summed E-state index contributed by atoms with van der Waals surface area (Å²) < 4.78 is 38.5. The number of halogens is 3. The third kappa shape index (κ3) is 2.31. The first-order valence-corrected chi connectivity index (χ1v) is 5.41. The maximum atomic E-state index is 12.8. The average molecular weight is 238 g/mol. The standard InChI is InChI=1S/C10H17F3N2O/c1-2-8(16)15-5-3-9(7-14,4-6-15)10(11,12)13/h2-7,14H2,1H3. The average Bonchev–Trinajstić information content (AvgIpc) is 2.26. The van der Waals surface area contributed by atoms with Gasteiger partial charge in [0.15, 0.2) is 0 Å². The van der Waals surface area contributed by atoms with Gasteiger partial charge in [-0.15, -0.1) is 0 Å². The molecule has 0 unspecified atom stereocenters. The smallest absolute Gasteiger partial charge is 0.343 e. The van der Waals surface area contributed by atoms with E-state index in [1.165, 1.54) is 4.90 Å². The predicted octanol–water partition coefficient (Wildman–Crippen LogP) is 1.53. The van der Waals surface area contributed by atoms with Crippen LogP contribution in [0.25, 0.3) is 0 Å². The van der Waals surface area contributed by atoms with Crippen LogP contribution in [0.2, 0.25) is 0 Å². The summed E-state index contributed by atoms with van der Waals surface area (Å²) >= 11 is 0. The zero-order chi connectivity index (χ0) is 12.4. The van der Waals surface area contributed by atoms with E-state index >= 15 is 0 Å². The fourth-order valence-electron chi connectivity index (χ4n) is 2.01. The van der Waals surface area contributed by atoms with Gasteiger partial charge < -0.3 is 10.6 Å². The summed E-state index contributed by atoms with van der Waals surface area (Å²) in [6, 6.07) is 0. The third-order valence-electron chi connectivity index (χ3n) is 3.37. The van der Waals surface area contributed by atoms with Crippen LogP contribution in [0, 0.1) is 5.41 Å². The number of hydrogen-bond donors (Lipinski definition) is 1. The van der Waals surface area contributed by atoms with Crippen LogP contribution in [0.4, 0.5) is 13.2 Å². The van der Waals surface area contributed by atoms with Gasteiger partial charge in [0.1, 0.15) is 0 Å². The lowest BCUT2D eigenvalue weighted by Gasteiger charge is -2.42. The number of hydrogen-bond acceptors (Lipinski definition) is 2. The molecule has 0 saturated carbocycles. The predicted molar refractivity (Wildman–Crippen MR) is 53.6 cm³/mol. The lowest BCUT2D eigenvalue weighted by atomic mass is 9.77. The lowest BCUT2D eigenvalue weighted by molar-refractivity contribution is -0.233. The maximum Gasteiger partial charge on any atom is 0.395 e. The van der Waals surface area contributed by atoms with Crippen molar-refractivity contribution in [1.29, 1.82) is 0 Å². The van der Waals surface area contributed by atoms with E-state index in [0.717, 1.165) is 0 Å². The van der Waals surface area contributed by atoms with E-state index in [1.54, 1.807) is 6.92 Å². The molecule has 0 spiro atoms. The van der Waals surface area contributed by atoms with Crippen LogP contribution in [0.3, 0.4) is 0 Å². The Labute approximate surface area is 92.8 Å². The highest BCUT2D eigenvalue weighted by Crippen LogP contribution is 2.45. The number of piperidine rings is 1. The first-order chi connectivity index (χ1) is 7.36. The number of nitrogens with two attached hydrogens (primary N) is 1. The summed E-state index contributed by atoms with van der Waals surface area (Å²) in [5, 5.41) is 0. The molecular formula is C10H17F3N2O. The molecule has 6 heteroatoms. The Kier molecular flexibility index (Phi) is 3.83. The molecule has 1 heterocycles. The summed E-state index contributed by atoms with van der Waals surface area (Å²) in [6.45, 7) is 1.62. The quantitative estimate of drug-likeness (QED) is 0.793. The van der Waals surface area contributed by atoms with Gasteiger partial charge in [-0.05, 0) is 12.8 Å². The fraction of sp³-hybridized carbons (Fsp3) is 0.900. The monoisotopic (exact) mass is 238 g/mol. The van der Waals surface area contributed by atoms with E-state index in [1.807, 2.05) is 0 Å². The highest BCUT2D eigenvalue weighted by atomic mass is 19.4. The van der Waals surface area contributed by atoms with E-state index < -0.39 is 18.1 Å². The molecule has 3 nitrogen and oxygen atoms in total. The summed E-state index contributed by atoms with van der Waals surface area (Å²) in [5.41, 5.74) is 3.46. The van der Waals surface area contributed by atoms with Crippen molar-refractivity contribution in [2.45, 2.75) is 32.4 Å². The maximum absolute atomic E-state index is 12.8. The van der Waals surface area contributed by atoms with Crippen LogP contribution in [-0.2, 0) is 4.79 Å². The molecule has 0 atom stereocenters. The third-order valence-corrected chi connectivity index (χ3v) is 3.37. The Bertz CT molecular complexity index is 257. The van der Waals surface area contributed by atoms with Crippen molar-refractivity contribution >= 4 is 5.91 Å². The second kappa shape index (κ2) is 4.61. The first kappa shape index (κ1) is 13.3. The molecule has 0 bridgehead atoms. The van der Waals surface area contributed by atoms with Crippen molar-refractivity contribution in [1.82, 2.24) is 4.90 Å². The van der Waals surface area contributed by atoms with E-state index in [-0.39, 0.29) is 31.8 Å². The molecule has 2 N–H and O–H groups in total. The molecule has 16 heavy (non-hydrogen) atoms. The van der Waals surface area contributed by atoms with Crippen molar-refractivity contribution in [3.8, 4) is 0 Å². The van der Waals surface area contributed by atoms with Gasteiger partial charge in [-0.1, -0.05) is 6.92 Å². The normalized spacial score (nSPS) is 20.9. The zero-order valence-electron chi connectivity index (χ0n) is 9.31. The van der Waals surface area contributed by atoms with Crippen molar-refractivity contribution in [3.63, 3.8) is 0 Å². The molecule has 94 valence electrons. The van der Waals surface area contributed by atoms with Crippen LogP contribution in [0.15, 0.2) is 0 Å². The topological polar surface area (TPSA) is 46.3 Å². The van der Waals surface area contributed by atoms with E-state index in [0.29, 0.717) is 6.42 Å². The second-order valence-electron chi connectivity index (χ2n) is 4.22. The molecule has 0 aliphatic carbocycles. The molecule has 1 saturated heterocycles. The Balaban J connectivity index is 2.68. The Morgan fingerprint density at radius 2 is 1.88 bits per heavy atom. The fourth-order valence-corrected chi connectivity index (χ4v) is 2.01. The van der Waals surface area contributed by atoms with Crippen LogP contribution in [-0.4, -0.2) is 36.6 Å². The number of nitrogens with zero attached hydrogens (tertiary/aromatic N) is 1. The minimum atomic E-state index is -4.27. The highest BCUT2D eigenvalue weighted by molar-refractivity contribution is 5.75.